The Hall–Kier alpha value is -4.09. The van der Waals surface area contributed by atoms with E-state index in [1.807, 2.05) is 0 Å². The number of nitrogens with one attached hydrogen (secondary N) is 2. The van der Waals surface area contributed by atoms with Crippen LogP contribution in [0.5, 0.6) is 0 Å². The summed E-state index contributed by atoms with van der Waals surface area (Å²) in [5.41, 5.74) is 0.784. The fourth-order valence-electron chi connectivity index (χ4n) is 3.65. The average molecular weight is 495 g/mol. The molecule has 180 valence electrons. The molecule has 1 heterocycles. The molecule has 1 aromatic heterocycles. The fraction of sp³-hybridized carbons (Fsp3) is 0.125. The lowest BCUT2D eigenvalue weighted by atomic mass is 10.1. The van der Waals surface area contributed by atoms with Crippen molar-refractivity contribution in [1.82, 2.24) is 14.7 Å². The number of nitrogens with two attached hydrogens (primary N) is 1. The summed E-state index contributed by atoms with van der Waals surface area (Å²) in [5, 5.41) is 21.7. The van der Waals surface area contributed by atoms with Gasteiger partial charge >= 0.3 is 0 Å². The van der Waals surface area contributed by atoms with Gasteiger partial charge in [0.2, 0.25) is 10.0 Å². The standard InChI is InChI=1S/C24H23FN6O3S/c1-14-10-21(24(32)28-19-9-8-17(11-18(19)25)23(26)30(2)3)31(29-14)20-12-15-6-4-5-7-16(15)13-22(20)35(27,33)34/h4-13,26H,1-3H3,(H,28,32)(H2,27,33,34). The van der Waals surface area contributed by atoms with Gasteiger partial charge in [-0.15, -0.1) is 0 Å². The number of amidine groups is 1. The summed E-state index contributed by atoms with van der Waals surface area (Å²) in [6.07, 6.45) is 0. The molecule has 1 amide bonds. The summed E-state index contributed by atoms with van der Waals surface area (Å²) in [6.45, 7) is 1.65. The Labute approximate surface area is 201 Å². The van der Waals surface area contributed by atoms with Gasteiger partial charge in [-0.2, -0.15) is 5.10 Å². The van der Waals surface area contributed by atoms with Crippen molar-refractivity contribution in [3.05, 3.63) is 83.4 Å². The van der Waals surface area contributed by atoms with Crippen molar-refractivity contribution in [2.45, 2.75) is 11.8 Å². The number of primary sulfonamides is 1. The van der Waals surface area contributed by atoms with Gasteiger partial charge in [0.1, 0.15) is 22.2 Å². The lowest BCUT2D eigenvalue weighted by molar-refractivity contribution is 0.101. The molecule has 0 unspecified atom stereocenters. The molecule has 0 saturated carbocycles. The highest BCUT2D eigenvalue weighted by molar-refractivity contribution is 7.89. The van der Waals surface area contributed by atoms with Crippen LogP contribution in [0.15, 0.2) is 65.6 Å². The number of halogens is 1. The van der Waals surface area contributed by atoms with E-state index in [9.17, 15) is 17.6 Å². The van der Waals surface area contributed by atoms with E-state index in [-0.39, 0.29) is 27.8 Å². The number of nitrogens with zero attached hydrogens (tertiary/aromatic N) is 3. The number of hydrogen-bond acceptors (Lipinski definition) is 5. The van der Waals surface area contributed by atoms with Crippen LogP contribution in [0.25, 0.3) is 16.5 Å². The van der Waals surface area contributed by atoms with Gasteiger partial charge in [0.05, 0.1) is 17.1 Å². The van der Waals surface area contributed by atoms with Crippen molar-refractivity contribution >= 4 is 38.2 Å². The molecule has 3 aromatic carbocycles. The lowest BCUT2D eigenvalue weighted by Crippen LogP contribution is -2.22. The first-order chi connectivity index (χ1) is 16.5. The highest BCUT2D eigenvalue weighted by Crippen LogP contribution is 2.28. The van der Waals surface area contributed by atoms with Crippen LogP contribution in [-0.2, 0) is 10.0 Å². The quantitative estimate of drug-likeness (QED) is 0.289. The number of amides is 1. The summed E-state index contributed by atoms with van der Waals surface area (Å²) >= 11 is 0. The largest absolute Gasteiger partial charge is 0.363 e. The van der Waals surface area contributed by atoms with Crippen LogP contribution in [-0.4, -0.2) is 48.9 Å². The van der Waals surface area contributed by atoms with Gasteiger partial charge < -0.3 is 10.2 Å². The van der Waals surface area contributed by atoms with Crippen molar-refractivity contribution in [2.24, 2.45) is 5.14 Å². The maximum atomic E-state index is 14.7. The van der Waals surface area contributed by atoms with Crippen LogP contribution < -0.4 is 10.5 Å². The van der Waals surface area contributed by atoms with E-state index in [4.69, 9.17) is 10.5 Å². The van der Waals surface area contributed by atoms with E-state index >= 15 is 0 Å². The summed E-state index contributed by atoms with van der Waals surface area (Å²) in [6, 6.07) is 15.6. The van der Waals surface area contributed by atoms with Gasteiger partial charge in [0.25, 0.3) is 5.91 Å². The Morgan fingerprint density at radius 1 is 1.09 bits per heavy atom. The molecule has 35 heavy (non-hydrogen) atoms. The van der Waals surface area contributed by atoms with E-state index in [0.717, 1.165) is 11.5 Å². The first-order valence-electron chi connectivity index (χ1n) is 10.5. The van der Waals surface area contributed by atoms with Crippen LogP contribution >= 0.6 is 0 Å². The van der Waals surface area contributed by atoms with Gasteiger partial charge in [-0.3, -0.25) is 10.2 Å². The maximum absolute atomic E-state index is 14.7. The number of hydrogen-bond donors (Lipinski definition) is 3. The smallest absolute Gasteiger partial charge is 0.274 e. The minimum atomic E-state index is -4.17. The molecule has 0 saturated heterocycles. The normalized spacial score (nSPS) is 11.5. The monoisotopic (exact) mass is 494 g/mol. The Bertz CT molecular complexity index is 1590. The molecule has 0 fully saturated rings. The molecule has 0 spiro atoms. The summed E-state index contributed by atoms with van der Waals surface area (Å²) in [4.78, 5) is 14.5. The first-order valence-corrected chi connectivity index (χ1v) is 12.0. The third kappa shape index (κ3) is 4.77. The molecule has 0 aliphatic heterocycles. The van der Waals surface area contributed by atoms with E-state index < -0.39 is 21.7 Å². The topological polar surface area (TPSA) is 134 Å². The number of aryl methyl sites for hydroxylation is 1. The number of rotatable bonds is 5. The van der Waals surface area contributed by atoms with E-state index in [1.165, 1.54) is 33.8 Å². The predicted octanol–water partition coefficient (Wildman–Crippen LogP) is 3.26. The molecule has 11 heteroatoms. The van der Waals surface area contributed by atoms with Crippen LogP contribution in [0, 0.1) is 18.2 Å². The Morgan fingerprint density at radius 2 is 1.74 bits per heavy atom. The zero-order valence-corrected chi connectivity index (χ0v) is 20.0. The third-order valence-corrected chi connectivity index (χ3v) is 6.30. The average Bonchev–Trinajstić information content (AvgIpc) is 3.20. The fourth-order valence-corrected chi connectivity index (χ4v) is 4.38. The van der Waals surface area contributed by atoms with Crippen LogP contribution in [0.4, 0.5) is 10.1 Å². The number of fused-ring (bicyclic) bond motifs is 1. The Balaban J connectivity index is 1.78. The molecule has 9 nitrogen and oxygen atoms in total. The molecule has 0 atom stereocenters. The van der Waals surface area contributed by atoms with Crippen molar-refractivity contribution in [3.8, 4) is 5.69 Å². The Kier molecular flexibility index (Phi) is 6.14. The van der Waals surface area contributed by atoms with E-state index in [2.05, 4.69) is 10.4 Å². The molecular weight excluding hydrogens is 471 g/mol. The number of carbonyl (C=O) groups excluding carboxylic acids is 1. The van der Waals surface area contributed by atoms with Gasteiger partial charge in [-0.1, -0.05) is 24.3 Å². The highest BCUT2D eigenvalue weighted by Gasteiger charge is 2.23. The van der Waals surface area contributed by atoms with Gasteiger partial charge in [-0.25, -0.2) is 22.6 Å². The molecule has 0 aliphatic rings. The molecule has 4 N–H and O–H groups in total. The number of anilines is 1. The number of benzene rings is 3. The minimum absolute atomic E-state index is 0.00723. The Morgan fingerprint density at radius 3 is 2.34 bits per heavy atom. The third-order valence-electron chi connectivity index (χ3n) is 5.36. The maximum Gasteiger partial charge on any atom is 0.274 e. The molecule has 0 aliphatic carbocycles. The van der Waals surface area contributed by atoms with E-state index in [1.54, 1.807) is 51.4 Å². The molecule has 4 aromatic rings. The van der Waals surface area contributed by atoms with Crippen molar-refractivity contribution in [2.75, 3.05) is 19.4 Å². The van der Waals surface area contributed by atoms with Crippen LogP contribution in [0.3, 0.4) is 0 Å². The summed E-state index contributed by atoms with van der Waals surface area (Å²) in [7, 11) is -0.831. The van der Waals surface area contributed by atoms with E-state index in [0.29, 0.717) is 16.6 Å². The van der Waals surface area contributed by atoms with Crippen molar-refractivity contribution < 1.29 is 17.6 Å². The molecule has 4 rings (SSSR count). The summed E-state index contributed by atoms with van der Waals surface area (Å²) in [5.74, 6) is -1.31. The SMILES string of the molecule is Cc1cc(C(=O)Nc2ccc(C(=N)N(C)C)cc2F)n(-c2cc3ccccc3cc2S(N)(=O)=O)n1. The highest BCUT2D eigenvalue weighted by atomic mass is 32.2. The van der Waals surface area contributed by atoms with Crippen molar-refractivity contribution in [1.29, 1.82) is 5.41 Å². The van der Waals surface area contributed by atoms with Gasteiger partial charge in [0.15, 0.2) is 0 Å². The molecular formula is C24H23FN6O3S. The minimum Gasteiger partial charge on any atom is -0.363 e. The van der Waals surface area contributed by atoms with Gasteiger partial charge in [0, 0.05) is 19.7 Å². The number of aromatic nitrogens is 2. The van der Waals surface area contributed by atoms with Crippen LogP contribution in [0.2, 0.25) is 0 Å². The second-order valence-electron chi connectivity index (χ2n) is 8.19. The number of carbonyl (C=O) groups is 1. The van der Waals surface area contributed by atoms with Crippen molar-refractivity contribution in [3.63, 3.8) is 0 Å². The summed E-state index contributed by atoms with van der Waals surface area (Å²) < 4.78 is 40.7. The van der Waals surface area contributed by atoms with Gasteiger partial charge in [-0.05, 0) is 54.1 Å². The predicted molar refractivity (Wildman–Crippen MR) is 132 cm³/mol. The lowest BCUT2D eigenvalue weighted by Gasteiger charge is -2.15. The second kappa shape index (κ2) is 8.93. The zero-order valence-electron chi connectivity index (χ0n) is 19.2. The molecule has 0 bridgehead atoms. The zero-order chi connectivity index (χ0) is 25.5. The first kappa shape index (κ1) is 24.0. The molecule has 0 radical (unpaired) electrons. The number of sulfonamides is 1. The van der Waals surface area contributed by atoms with Crippen LogP contribution in [0.1, 0.15) is 21.7 Å². The second-order valence-corrected chi connectivity index (χ2v) is 9.72.